The Balaban J connectivity index is 2.07. The Morgan fingerprint density at radius 3 is 1.35 bits per heavy atom. The summed E-state index contributed by atoms with van der Waals surface area (Å²) in [5.74, 6) is 0.895. The van der Waals surface area contributed by atoms with Gasteiger partial charge in [0.1, 0.15) is 0 Å². The lowest BCUT2D eigenvalue weighted by Crippen LogP contribution is -2.35. The van der Waals surface area contributed by atoms with Crippen molar-refractivity contribution in [2.75, 3.05) is 45.8 Å². The smallest absolute Gasteiger partial charge is 0.00772 e. The summed E-state index contributed by atoms with van der Waals surface area (Å²) in [5, 5.41) is 10.5. The molecule has 0 unspecified atom stereocenters. The lowest BCUT2D eigenvalue weighted by molar-refractivity contribution is 0.382. The molecule has 5 N–H and O–H groups in total. The zero-order valence-electron chi connectivity index (χ0n) is 17.5. The van der Waals surface area contributed by atoms with E-state index < -0.39 is 0 Å². The first kappa shape index (κ1) is 23.9. The average molecular weight is 369 g/mol. The Hall–Kier alpha value is -0.160. The van der Waals surface area contributed by atoms with Crippen LogP contribution in [0.4, 0.5) is 0 Å². The maximum atomic E-state index is 5.46. The van der Waals surface area contributed by atoms with E-state index in [9.17, 15) is 0 Å². The molecule has 1 aliphatic carbocycles. The molecule has 0 radical (unpaired) electrons. The molecule has 0 atom stereocenters. The number of nitrogens with two attached hydrogens (primary N) is 1. The molecule has 0 saturated heterocycles. The molecule has 0 spiro atoms. The quantitative estimate of drug-likeness (QED) is 0.443. The third-order valence-corrected chi connectivity index (χ3v) is 5.69. The predicted octanol–water partition coefficient (Wildman–Crippen LogP) is 3.81. The van der Waals surface area contributed by atoms with Gasteiger partial charge in [0.25, 0.3) is 0 Å². The summed E-state index contributed by atoms with van der Waals surface area (Å²) < 4.78 is 0. The molecule has 156 valence electrons. The van der Waals surface area contributed by atoms with Gasteiger partial charge in [-0.2, -0.15) is 0 Å². The van der Waals surface area contributed by atoms with Crippen molar-refractivity contribution in [1.29, 1.82) is 0 Å². The monoisotopic (exact) mass is 368 g/mol. The number of nitrogens with one attached hydrogen (secondary N) is 3. The molecule has 0 aromatic rings. The van der Waals surface area contributed by atoms with Crippen LogP contribution < -0.4 is 21.7 Å². The van der Waals surface area contributed by atoms with Gasteiger partial charge in [0, 0.05) is 39.3 Å². The van der Waals surface area contributed by atoms with Crippen LogP contribution in [0.15, 0.2) is 0 Å². The van der Waals surface area contributed by atoms with E-state index in [1.807, 2.05) is 0 Å². The summed E-state index contributed by atoms with van der Waals surface area (Å²) in [7, 11) is 0. The van der Waals surface area contributed by atoms with E-state index in [0.29, 0.717) is 0 Å². The molecule has 1 rings (SSSR count). The fourth-order valence-corrected chi connectivity index (χ4v) is 3.99. The van der Waals surface area contributed by atoms with Crippen LogP contribution in [-0.2, 0) is 0 Å². The second-order valence-corrected chi connectivity index (χ2v) is 8.18. The molecule has 4 heteroatoms. The third-order valence-electron chi connectivity index (χ3n) is 5.69. The van der Waals surface area contributed by atoms with Crippen LogP contribution in [0.25, 0.3) is 0 Å². The molecule has 0 heterocycles. The molecule has 0 aromatic carbocycles. The topological polar surface area (TPSA) is 62.1 Å². The number of rotatable bonds is 10. The van der Waals surface area contributed by atoms with E-state index in [-0.39, 0.29) is 0 Å². The highest BCUT2D eigenvalue weighted by atomic mass is 15.0. The first-order chi connectivity index (χ1) is 12.9. The van der Waals surface area contributed by atoms with Crippen LogP contribution in [0.5, 0.6) is 0 Å². The Labute approximate surface area is 163 Å². The molecule has 4 nitrogen and oxygen atoms in total. The second-order valence-electron chi connectivity index (χ2n) is 8.18. The molecule has 0 aliphatic heterocycles. The first-order valence-corrected chi connectivity index (χ1v) is 11.8. The van der Waals surface area contributed by atoms with E-state index in [2.05, 4.69) is 16.0 Å². The lowest BCUT2D eigenvalue weighted by Gasteiger charge is -2.18. The van der Waals surface area contributed by atoms with Crippen LogP contribution in [0.3, 0.4) is 0 Å². The second kappa shape index (κ2) is 19.6. The van der Waals surface area contributed by atoms with Crippen LogP contribution in [0.1, 0.15) is 89.9 Å². The highest BCUT2D eigenvalue weighted by Crippen LogP contribution is 2.20. The molecule has 1 fully saturated rings. The highest BCUT2D eigenvalue weighted by Gasteiger charge is 2.08. The molecule has 0 amide bonds. The molecule has 26 heavy (non-hydrogen) atoms. The zero-order chi connectivity index (χ0) is 18.5. The summed E-state index contributed by atoms with van der Waals surface area (Å²) in [6.45, 7) is 7.06. The minimum absolute atomic E-state index is 0.725. The van der Waals surface area contributed by atoms with Crippen molar-refractivity contribution >= 4 is 0 Å². The van der Waals surface area contributed by atoms with Gasteiger partial charge in [0.15, 0.2) is 0 Å². The number of hydrogen-bond donors (Lipinski definition) is 4. The van der Waals surface area contributed by atoms with E-state index in [1.165, 1.54) is 96.4 Å². The van der Waals surface area contributed by atoms with E-state index in [0.717, 1.165) is 45.2 Å². The van der Waals surface area contributed by atoms with Gasteiger partial charge >= 0.3 is 0 Å². The Kier molecular flexibility index (Phi) is 18.0. The van der Waals surface area contributed by atoms with Gasteiger partial charge in [-0.3, -0.25) is 0 Å². The summed E-state index contributed by atoms with van der Waals surface area (Å²) in [6, 6.07) is 0. The van der Waals surface area contributed by atoms with Gasteiger partial charge in [-0.05, 0) is 25.3 Å². The van der Waals surface area contributed by atoms with Gasteiger partial charge in [-0.15, -0.1) is 0 Å². The van der Waals surface area contributed by atoms with E-state index in [4.69, 9.17) is 5.73 Å². The van der Waals surface area contributed by atoms with Crippen molar-refractivity contribution in [1.82, 2.24) is 16.0 Å². The van der Waals surface area contributed by atoms with Crippen molar-refractivity contribution < 1.29 is 0 Å². The average Bonchev–Trinajstić information content (AvgIpc) is 2.66. The largest absolute Gasteiger partial charge is 0.329 e. The van der Waals surface area contributed by atoms with Crippen LogP contribution >= 0.6 is 0 Å². The van der Waals surface area contributed by atoms with Crippen molar-refractivity contribution in [3.63, 3.8) is 0 Å². The van der Waals surface area contributed by atoms with Crippen LogP contribution in [-0.4, -0.2) is 45.8 Å². The van der Waals surface area contributed by atoms with Crippen molar-refractivity contribution in [3.05, 3.63) is 0 Å². The molecule has 1 aliphatic rings. The third kappa shape index (κ3) is 16.0. The maximum absolute atomic E-state index is 5.46. The van der Waals surface area contributed by atoms with Gasteiger partial charge in [-0.25, -0.2) is 0 Å². The van der Waals surface area contributed by atoms with Gasteiger partial charge in [0.05, 0.1) is 0 Å². The summed E-state index contributed by atoms with van der Waals surface area (Å²) in [5.41, 5.74) is 5.46. The van der Waals surface area contributed by atoms with Crippen LogP contribution in [0.2, 0.25) is 0 Å². The molecular formula is C22H48N4. The molecular weight excluding hydrogens is 320 g/mol. The van der Waals surface area contributed by atoms with Crippen molar-refractivity contribution in [2.45, 2.75) is 89.9 Å². The minimum Gasteiger partial charge on any atom is -0.329 e. The number of hydrogen-bond acceptors (Lipinski definition) is 4. The van der Waals surface area contributed by atoms with Crippen LogP contribution in [0, 0.1) is 5.92 Å². The Morgan fingerprint density at radius 2 is 0.885 bits per heavy atom. The zero-order valence-corrected chi connectivity index (χ0v) is 17.5. The minimum atomic E-state index is 0.725. The standard InChI is InChI=1S/C22H48N4/c23-15-16-24-17-18-25-19-20-26-21-22-13-11-9-7-5-3-1-2-4-6-8-10-12-14-22/h22,24-26H,1-21,23H2. The fraction of sp³-hybridized carbons (Fsp3) is 1.00. The Morgan fingerprint density at radius 1 is 0.500 bits per heavy atom. The summed E-state index contributed by atoms with van der Waals surface area (Å²) in [4.78, 5) is 0. The molecule has 0 aromatic heterocycles. The van der Waals surface area contributed by atoms with Gasteiger partial charge in [0.2, 0.25) is 0 Å². The maximum Gasteiger partial charge on any atom is 0.00772 e. The van der Waals surface area contributed by atoms with Crippen molar-refractivity contribution in [2.24, 2.45) is 11.7 Å². The highest BCUT2D eigenvalue weighted by molar-refractivity contribution is 4.65. The van der Waals surface area contributed by atoms with Crippen molar-refractivity contribution in [3.8, 4) is 0 Å². The first-order valence-electron chi connectivity index (χ1n) is 11.8. The van der Waals surface area contributed by atoms with Gasteiger partial charge < -0.3 is 21.7 Å². The van der Waals surface area contributed by atoms with E-state index in [1.54, 1.807) is 0 Å². The SMILES string of the molecule is NCCNCCNCCNCC1CCCCCCCCCCCCCC1. The van der Waals surface area contributed by atoms with Gasteiger partial charge in [-0.1, -0.05) is 77.0 Å². The Bertz CT molecular complexity index is 257. The summed E-state index contributed by atoms with van der Waals surface area (Å²) >= 11 is 0. The summed E-state index contributed by atoms with van der Waals surface area (Å²) in [6.07, 6.45) is 20.4. The fourth-order valence-electron chi connectivity index (χ4n) is 3.99. The molecule has 1 saturated carbocycles. The predicted molar refractivity (Wildman–Crippen MR) is 116 cm³/mol. The lowest BCUT2D eigenvalue weighted by atomic mass is 9.94. The normalized spacial score (nSPS) is 19.7. The molecule has 0 bridgehead atoms. The van der Waals surface area contributed by atoms with E-state index >= 15 is 0 Å².